The molecule has 20 heavy (non-hydrogen) atoms. The van der Waals surface area contributed by atoms with E-state index in [1.54, 1.807) is 0 Å². The van der Waals surface area contributed by atoms with Crippen molar-refractivity contribution in [2.24, 2.45) is 5.73 Å². The second-order valence-corrected chi connectivity index (χ2v) is 5.39. The number of nitrogens with zero attached hydrogens (tertiary/aromatic N) is 2. The summed E-state index contributed by atoms with van der Waals surface area (Å²) in [5.74, 6) is 2.02. The minimum Gasteiger partial charge on any atom is -0.491 e. The average molecular weight is 275 g/mol. The van der Waals surface area contributed by atoms with E-state index in [-0.39, 0.29) is 6.10 Å². The van der Waals surface area contributed by atoms with E-state index in [0.717, 1.165) is 42.9 Å². The van der Waals surface area contributed by atoms with Crippen LogP contribution in [0.15, 0.2) is 18.2 Å². The Hall–Kier alpha value is -1.55. The summed E-state index contributed by atoms with van der Waals surface area (Å²) < 4.78 is 8.05. The summed E-state index contributed by atoms with van der Waals surface area (Å²) in [5.41, 5.74) is 7.82. The van der Waals surface area contributed by atoms with Crippen molar-refractivity contribution in [3.8, 4) is 5.75 Å². The molecule has 0 amide bonds. The molecule has 0 aliphatic carbocycles. The molecule has 0 aliphatic rings. The first kappa shape index (κ1) is 14.9. The first-order valence-electron chi connectivity index (χ1n) is 7.51. The lowest BCUT2D eigenvalue weighted by atomic mass is 10.3. The molecule has 2 aromatic rings. The van der Waals surface area contributed by atoms with Crippen molar-refractivity contribution < 1.29 is 4.74 Å². The highest BCUT2D eigenvalue weighted by atomic mass is 16.5. The van der Waals surface area contributed by atoms with E-state index in [4.69, 9.17) is 15.5 Å². The summed E-state index contributed by atoms with van der Waals surface area (Å²) in [6.07, 6.45) is 3.20. The van der Waals surface area contributed by atoms with Gasteiger partial charge < -0.3 is 15.0 Å². The van der Waals surface area contributed by atoms with Gasteiger partial charge in [0.15, 0.2) is 0 Å². The second-order valence-electron chi connectivity index (χ2n) is 5.39. The lowest BCUT2D eigenvalue weighted by molar-refractivity contribution is 0.242. The fraction of sp³-hybridized carbons (Fsp3) is 0.562. The average Bonchev–Trinajstić information content (AvgIpc) is 2.73. The zero-order valence-corrected chi connectivity index (χ0v) is 12.7. The minimum atomic E-state index is 0.182. The van der Waals surface area contributed by atoms with Crippen molar-refractivity contribution in [2.75, 3.05) is 6.54 Å². The van der Waals surface area contributed by atoms with Crippen LogP contribution in [0.1, 0.15) is 39.4 Å². The van der Waals surface area contributed by atoms with Gasteiger partial charge in [-0.05, 0) is 45.4 Å². The largest absolute Gasteiger partial charge is 0.491 e. The van der Waals surface area contributed by atoms with Crippen molar-refractivity contribution in [1.29, 1.82) is 0 Å². The summed E-state index contributed by atoms with van der Waals surface area (Å²) in [6.45, 7) is 7.96. The maximum atomic E-state index is 5.74. The summed E-state index contributed by atoms with van der Waals surface area (Å²) in [6, 6.07) is 6.18. The topological polar surface area (TPSA) is 53.1 Å². The molecule has 1 aromatic heterocycles. The Morgan fingerprint density at radius 1 is 1.35 bits per heavy atom. The van der Waals surface area contributed by atoms with Crippen molar-refractivity contribution in [3.05, 3.63) is 24.0 Å². The van der Waals surface area contributed by atoms with Gasteiger partial charge in [-0.1, -0.05) is 6.92 Å². The molecule has 1 aromatic carbocycles. The number of nitrogens with two attached hydrogens (primary N) is 1. The number of fused-ring (bicyclic) bond motifs is 1. The van der Waals surface area contributed by atoms with Gasteiger partial charge in [0.1, 0.15) is 11.6 Å². The third kappa shape index (κ3) is 3.31. The Bertz CT molecular complexity index is 560. The Kier molecular flexibility index (Phi) is 5.01. The molecular formula is C16H25N3O. The Labute approximate surface area is 120 Å². The highest BCUT2D eigenvalue weighted by Gasteiger charge is 2.11. The number of benzene rings is 1. The monoisotopic (exact) mass is 275 g/mol. The van der Waals surface area contributed by atoms with Gasteiger partial charge in [-0.2, -0.15) is 0 Å². The Balaban J connectivity index is 2.38. The first-order valence-corrected chi connectivity index (χ1v) is 7.51. The van der Waals surface area contributed by atoms with E-state index < -0.39 is 0 Å². The van der Waals surface area contributed by atoms with Gasteiger partial charge in [0, 0.05) is 19.0 Å². The van der Waals surface area contributed by atoms with Crippen LogP contribution >= 0.6 is 0 Å². The van der Waals surface area contributed by atoms with Crippen LogP contribution in [0.3, 0.4) is 0 Å². The number of aromatic nitrogens is 2. The molecule has 2 rings (SSSR count). The molecule has 0 atom stereocenters. The number of aryl methyl sites for hydroxylation is 2. The maximum Gasteiger partial charge on any atom is 0.121 e. The molecule has 0 spiro atoms. The van der Waals surface area contributed by atoms with E-state index >= 15 is 0 Å². The molecule has 0 saturated heterocycles. The third-order valence-corrected chi connectivity index (χ3v) is 3.22. The molecule has 0 aliphatic heterocycles. The molecule has 110 valence electrons. The molecule has 0 bridgehead atoms. The molecule has 4 heteroatoms. The SMILES string of the molecule is CCCn1c(CCCN)nc2cc(OC(C)C)ccc21. The molecule has 2 N–H and O–H groups in total. The van der Waals surface area contributed by atoms with Gasteiger partial charge in [0.25, 0.3) is 0 Å². The van der Waals surface area contributed by atoms with E-state index in [0.29, 0.717) is 6.54 Å². The summed E-state index contributed by atoms with van der Waals surface area (Å²) in [5, 5.41) is 0. The predicted octanol–water partition coefficient (Wildman–Crippen LogP) is 3.12. The minimum absolute atomic E-state index is 0.182. The predicted molar refractivity (Wildman–Crippen MR) is 83.2 cm³/mol. The lowest BCUT2D eigenvalue weighted by Gasteiger charge is -2.10. The van der Waals surface area contributed by atoms with Crippen LogP contribution in [-0.2, 0) is 13.0 Å². The van der Waals surface area contributed by atoms with Gasteiger partial charge in [0.05, 0.1) is 17.1 Å². The van der Waals surface area contributed by atoms with Crippen LogP contribution in [0.5, 0.6) is 5.75 Å². The van der Waals surface area contributed by atoms with E-state index in [9.17, 15) is 0 Å². The summed E-state index contributed by atoms with van der Waals surface area (Å²) in [7, 11) is 0. The Morgan fingerprint density at radius 2 is 2.15 bits per heavy atom. The maximum absolute atomic E-state index is 5.74. The molecular weight excluding hydrogens is 250 g/mol. The zero-order valence-electron chi connectivity index (χ0n) is 12.7. The van der Waals surface area contributed by atoms with E-state index in [2.05, 4.69) is 17.6 Å². The highest BCUT2D eigenvalue weighted by molar-refractivity contribution is 5.77. The summed E-state index contributed by atoms with van der Waals surface area (Å²) in [4.78, 5) is 4.76. The van der Waals surface area contributed by atoms with Crippen LogP contribution < -0.4 is 10.5 Å². The third-order valence-electron chi connectivity index (χ3n) is 3.22. The van der Waals surface area contributed by atoms with Gasteiger partial charge in [-0.15, -0.1) is 0 Å². The molecule has 0 fully saturated rings. The van der Waals surface area contributed by atoms with Crippen molar-refractivity contribution in [1.82, 2.24) is 9.55 Å². The van der Waals surface area contributed by atoms with Crippen molar-refractivity contribution >= 4 is 11.0 Å². The van der Waals surface area contributed by atoms with Crippen molar-refractivity contribution in [3.63, 3.8) is 0 Å². The zero-order chi connectivity index (χ0) is 14.5. The quantitative estimate of drug-likeness (QED) is 0.844. The molecule has 4 nitrogen and oxygen atoms in total. The van der Waals surface area contributed by atoms with Crippen LogP contribution in [0.25, 0.3) is 11.0 Å². The molecule has 0 unspecified atom stereocenters. The normalized spacial score (nSPS) is 11.4. The molecule has 1 heterocycles. The van der Waals surface area contributed by atoms with Gasteiger partial charge in [-0.3, -0.25) is 0 Å². The number of rotatable bonds is 7. The second kappa shape index (κ2) is 6.75. The van der Waals surface area contributed by atoms with Crippen LogP contribution in [0.4, 0.5) is 0 Å². The highest BCUT2D eigenvalue weighted by Crippen LogP contribution is 2.23. The van der Waals surface area contributed by atoms with E-state index in [1.807, 2.05) is 26.0 Å². The number of hydrogen-bond acceptors (Lipinski definition) is 3. The molecule has 0 saturated carbocycles. The fourth-order valence-electron chi connectivity index (χ4n) is 2.43. The van der Waals surface area contributed by atoms with Crippen LogP contribution in [0, 0.1) is 0 Å². The Morgan fingerprint density at radius 3 is 2.80 bits per heavy atom. The molecule has 0 radical (unpaired) electrons. The van der Waals surface area contributed by atoms with Gasteiger partial charge in [-0.25, -0.2) is 4.98 Å². The number of ether oxygens (including phenoxy) is 1. The van der Waals surface area contributed by atoms with Gasteiger partial charge in [0.2, 0.25) is 0 Å². The van der Waals surface area contributed by atoms with Crippen LogP contribution in [-0.4, -0.2) is 22.2 Å². The standard InChI is InChI=1S/C16H25N3O/c1-4-10-19-15-8-7-13(20-12(2)3)11-14(15)18-16(19)6-5-9-17/h7-8,11-12H,4-6,9-10,17H2,1-3H3. The smallest absolute Gasteiger partial charge is 0.121 e. The fourth-order valence-corrected chi connectivity index (χ4v) is 2.43. The van der Waals surface area contributed by atoms with E-state index in [1.165, 1.54) is 5.52 Å². The number of hydrogen-bond donors (Lipinski definition) is 1. The van der Waals surface area contributed by atoms with Crippen LogP contribution in [0.2, 0.25) is 0 Å². The number of imidazole rings is 1. The summed E-state index contributed by atoms with van der Waals surface area (Å²) >= 11 is 0. The first-order chi connectivity index (χ1) is 9.65. The van der Waals surface area contributed by atoms with Crippen molar-refractivity contribution in [2.45, 2.75) is 52.7 Å². The lowest BCUT2D eigenvalue weighted by Crippen LogP contribution is -2.07. The van der Waals surface area contributed by atoms with Gasteiger partial charge >= 0.3 is 0 Å².